The van der Waals surface area contributed by atoms with Gasteiger partial charge in [-0.15, -0.1) is 0 Å². The second-order valence-corrected chi connectivity index (χ2v) is 7.75. The summed E-state index contributed by atoms with van der Waals surface area (Å²) in [6, 6.07) is 16.8. The van der Waals surface area contributed by atoms with Crippen LogP contribution in [0.5, 0.6) is 0 Å². The Morgan fingerprint density at radius 3 is 2.48 bits per heavy atom. The summed E-state index contributed by atoms with van der Waals surface area (Å²) in [7, 11) is 2.06. The van der Waals surface area contributed by atoms with Crippen LogP contribution in [0.4, 0.5) is 21.5 Å². The maximum Gasteiger partial charge on any atom is 0.258 e. The Labute approximate surface area is 180 Å². The number of fused-ring (bicyclic) bond motifs is 1. The molecule has 1 aliphatic heterocycles. The predicted octanol–water partition coefficient (Wildman–Crippen LogP) is 5.02. The van der Waals surface area contributed by atoms with Crippen LogP contribution >= 0.6 is 0 Å². The molecular weight excluding hydrogens is 393 g/mol. The van der Waals surface area contributed by atoms with Crippen molar-refractivity contribution in [2.45, 2.75) is 19.8 Å². The zero-order valence-corrected chi connectivity index (χ0v) is 17.5. The van der Waals surface area contributed by atoms with Crippen molar-refractivity contribution in [1.29, 1.82) is 0 Å². The minimum atomic E-state index is -0.612. The van der Waals surface area contributed by atoms with Gasteiger partial charge in [0.15, 0.2) is 0 Å². The largest absolute Gasteiger partial charge is 0.374 e. The fraction of sp³-hybridized carbons (Fsp3) is 0.200. The minimum absolute atomic E-state index is 0.0732. The fourth-order valence-corrected chi connectivity index (χ4v) is 3.91. The highest BCUT2D eigenvalue weighted by molar-refractivity contribution is 6.13. The molecule has 3 aromatic rings. The number of amides is 2. The number of rotatable bonds is 4. The SMILES string of the molecule is Cc1cccc(C(=O)Nc2ccc3c(c2)CCCN3C)c1NC(=O)c1ccccc1F. The van der Waals surface area contributed by atoms with Crippen LogP contribution < -0.4 is 15.5 Å². The van der Waals surface area contributed by atoms with Gasteiger partial charge in [-0.1, -0.05) is 24.3 Å². The lowest BCUT2D eigenvalue weighted by molar-refractivity contribution is 0.102. The summed E-state index contributed by atoms with van der Waals surface area (Å²) >= 11 is 0. The molecule has 0 spiro atoms. The first kappa shape index (κ1) is 20.6. The molecule has 0 radical (unpaired) electrons. The van der Waals surface area contributed by atoms with E-state index in [0.717, 1.165) is 19.4 Å². The molecule has 3 aromatic carbocycles. The number of carbonyl (C=O) groups excluding carboxylic acids is 2. The predicted molar refractivity (Wildman–Crippen MR) is 122 cm³/mol. The first-order valence-electron chi connectivity index (χ1n) is 10.2. The van der Waals surface area contributed by atoms with Gasteiger partial charge in [0.25, 0.3) is 11.8 Å². The number of aryl methyl sites for hydroxylation is 2. The van der Waals surface area contributed by atoms with E-state index in [1.54, 1.807) is 31.2 Å². The van der Waals surface area contributed by atoms with Crippen LogP contribution in [-0.2, 0) is 6.42 Å². The molecule has 1 heterocycles. The fourth-order valence-electron chi connectivity index (χ4n) is 3.91. The lowest BCUT2D eigenvalue weighted by Gasteiger charge is -2.27. The molecule has 6 heteroatoms. The molecule has 0 bridgehead atoms. The highest BCUT2D eigenvalue weighted by Crippen LogP contribution is 2.29. The summed E-state index contributed by atoms with van der Waals surface area (Å²) < 4.78 is 14.0. The monoisotopic (exact) mass is 417 g/mol. The molecule has 2 N–H and O–H groups in total. The third-order valence-electron chi connectivity index (χ3n) is 5.56. The second-order valence-electron chi connectivity index (χ2n) is 7.75. The van der Waals surface area contributed by atoms with E-state index in [0.29, 0.717) is 22.5 Å². The van der Waals surface area contributed by atoms with Crippen molar-refractivity contribution in [3.05, 3.63) is 88.7 Å². The van der Waals surface area contributed by atoms with Crippen LogP contribution in [0, 0.1) is 12.7 Å². The van der Waals surface area contributed by atoms with Gasteiger partial charge >= 0.3 is 0 Å². The first-order chi connectivity index (χ1) is 14.9. The Balaban J connectivity index is 1.59. The quantitative estimate of drug-likeness (QED) is 0.627. The molecule has 1 aliphatic rings. The maximum absolute atomic E-state index is 14.0. The van der Waals surface area contributed by atoms with E-state index < -0.39 is 11.7 Å². The number of para-hydroxylation sites is 1. The first-order valence-corrected chi connectivity index (χ1v) is 10.2. The minimum Gasteiger partial charge on any atom is -0.374 e. The van der Waals surface area contributed by atoms with Crippen molar-refractivity contribution in [2.24, 2.45) is 0 Å². The van der Waals surface area contributed by atoms with Gasteiger partial charge in [-0.05, 0) is 67.3 Å². The van der Waals surface area contributed by atoms with E-state index in [1.165, 1.54) is 29.4 Å². The Bertz CT molecular complexity index is 1160. The molecule has 0 atom stereocenters. The van der Waals surface area contributed by atoms with Gasteiger partial charge in [0.05, 0.1) is 16.8 Å². The zero-order chi connectivity index (χ0) is 22.0. The molecule has 4 rings (SSSR count). The lowest BCUT2D eigenvalue weighted by atomic mass is 10.0. The number of halogens is 1. The number of carbonyl (C=O) groups is 2. The van der Waals surface area contributed by atoms with Gasteiger partial charge in [-0.25, -0.2) is 4.39 Å². The summed E-state index contributed by atoms with van der Waals surface area (Å²) in [6.07, 6.45) is 2.04. The van der Waals surface area contributed by atoms with Crippen LogP contribution in [0.2, 0.25) is 0 Å². The van der Waals surface area contributed by atoms with Gasteiger partial charge in [0.1, 0.15) is 5.82 Å². The molecule has 0 aliphatic carbocycles. The summed E-state index contributed by atoms with van der Waals surface area (Å²) in [4.78, 5) is 27.9. The van der Waals surface area contributed by atoms with Crippen molar-refractivity contribution >= 4 is 28.9 Å². The molecule has 0 unspecified atom stereocenters. The van der Waals surface area contributed by atoms with Crippen molar-refractivity contribution in [1.82, 2.24) is 0 Å². The van der Waals surface area contributed by atoms with Crippen molar-refractivity contribution in [3.8, 4) is 0 Å². The van der Waals surface area contributed by atoms with E-state index >= 15 is 0 Å². The van der Waals surface area contributed by atoms with Gasteiger partial charge in [-0.2, -0.15) is 0 Å². The van der Waals surface area contributed by atoms with E-state index in [9.17, 15) is 14.0 Å². The number of nitrogens with one attached hydrogen (secondary N) is 2. The van der Waals surface area contributed by atoms with Crippen LogP contribution in [-0.4, -0.2) is 25.4 Å². The number of benzene rings is 3. The van der Waals surface area contributed by atoms with Crippen LogP contribution in [0.1, 0.15) is 38.3 Å². The molecule has 5 nitrogen and oxygen atoms in total. The molecule has 0 fully saturated rings. The summed E-state index contributed by atoms with van der Waals surface area (Å²) in [5.41, 5.74) is 4.40. The summed E-state index contributed by atoms with van der Waals surface area (Å²) in [5, 5.41) is 5.64. The highest BCUT2D eigenvalue weighted by atomic mass is 19.1. The van der Waals surface area contributed by atoms with E-state index in [-0.39, 0.29) is 11.5 Å². The third kappa shape index (κ3) is 4.28. The summed E-state index contributed by atoms with van der Waals surface area (Å²) in [5.74, 6) is -1.55. The molecule has 158 valence electrons. The average Bonchev–Trinajstić information content (AvgIpc) is 2.75. The van der Waals surface area contributed by atoms with Crippen molar-refractivity contribution in [3.63, 3.8) is 0 Å². The number of hydrogen-bond donors (Lipinski definition) is 2. The van der Waals surface area contributed by atoms with Crippen LogP contribution in [0.25, 0.3) is 0 Å². The molecule has 0 saturated heterocycles. The van der Waals surface area contributed by atoms with E-state index in [4.69, 9.17) is 0 Å². The lowest BCUT2D eigenvalue weighted by Crippen LogP contribution is -2.25. The van der Waals surface area contributed by atoms with Gasteiger partial charge in [-0.3, -0.25) is 9.59 Å². The van der Waals surface area contributed by atoms with E-state index in [2.05, 4.69) is 22.6 Å². The average molecular weight is 417 g/mol. The second kappa shape index (κ2) is 8.60. The van der Waals surface area contributed by atoms with Crippen LogP contribution in [0.3, 0.4) is 0 Å². The maximum atomic E-state index is 14.0. The standard InChI is InChI=1S/C25H24FN3O2/c1-16-7-5-10-20(23(16)28-24(30)19-9-3-4-11-21(19)26)25(31)27-18-12-13-22-17(15-18)8-6-14-29(22)2/h3-5,7,9-13,15H,6,8,14H2,1-2H3,(H,27,31)(H,28,30). The Morgan fingerprint density at radius 1 is 0.935 bits per heavy atom. The van der Waals surface area contributed by atoms with E-state index in [1.807, 2.05) is 18.2 Å². The van der Waals surface area contributed by atoms with Gasteiger partial charge in [0.2, 0.25) is 0 Å². The topological polar surface area (TPSA) is 61.4 Å². The molecule has 31 heavy (non-hydrogen) atoms. The highest BCUT2D eigenvalue weighted by Gasteiger charge is 2.19. The van der Waals surface area contributed by atoms with Crippen molar-refractivity contribution < 1.29 is 14.0 Å². The molecular formula is C25H24FN3O2. The van der Waals surface area contributed by atoms with Gasteiger partial charge < -0.3 is 15.5 Å². The summed E-state index contributed by atoms with van der Waals surface area (Å²) in [6.45, 7) is 2.82. The number of hydrogen-bond acceptors (Lipinski definition) is 3. The molecule has 0 saturated carbocycles. The third-order valence-corrected chi connectivity index (χ3v) is 5.56. The Hall–Kier alpha value is -3.67. The van der Waals surface area contributed by atoms with Crippen LogP contribution in [0.15, 0.2) is 60.7 Å². The van der Waals surface area contributed by atoms with Crippen molar-refractivity contribution in [2.75, 3.05) is 29.1 Å². The smallest absolute Gasteiger partial charge is 0.258 e. The molecule has 0 aromatic heterocycles. The zero-order valence-electron chi connectivity index (χ0n) is 17.5. The Morgan fingerprint density at radius 2 is 1.68 bits per heavy atom. The molecule has 2 amide bonds. The normalized spacial score (nSPS) is 12.8. The Kier molecular flexibility index (Phi) is 5.71. The number of anilines is 3. The van der Waals surface area contributed by atoms with Gasteiger partial charge in [0, 0.05) is 25.0 Å². The number of nitrogens with zero attached hydrogens (tertiary/aromatic N) is 1.